The topological polar surface area (TPSA) is 61.4 Å². The molecule has 0 aromatic carbocycles. The van der Waals surface area contributed by atoms with E-state index in [-0.39, 0.29) is 18.0 Å². The van der Waals surface area contributed by atoms with Gasteiger partial charge in [0.1, 0.15) is 6.04 Å². The average Bonchev–Trinajstić information content (AvgIpc) is 2.72. The summed E-state index contributed by atoms with van der Waals surface area (Å²) < 4.78 is 0. The molecule has 0 spiro atoms. The van der Waals surface area contributed by atoms with Crippen LogP contribution in [0.3, 0.4) is 0 Å². The van der Waals surface area contributed by atoms with Gasteiger partial charge in [-0.25, -0.2) is 4.79 Å². The minimum Gasteiger partial charge on any atom is -0.354 e. The zero-order chi connectivity index (χ0) is 15.3. The third-order valence-corrected chi connectivity index (χ3v) is 5.44. The third-order valence-electron chi connectivity index (χ3n) is 5.44. The molecule has 5 nitrogen and oxygen atoms in total. The molecule has 1 unspecified atom stereocenters. The summed E-state index contributed by atoms with van der Waals surface area (Å²) in [6.45, 7) is 6.83. The number of hydrogen-bond acceptors (Lipinski definition) is 2. The molecular formula is C16H29N3O2. The molecule has 0 aliphatic carbocycles. The Morgan fingerprint density at radius 3 is 2.57 bits per heavy atom. The Morgan fingerprint density at radius 2 is 1.95 bits per heavy atom. The Hall–Kier alpha value is -1.26. The van der Waals surface area contributed by atoms with Crippen molar-refractivity contribution >= 4 is 11.9 Å². The molecule has 2 fully saturated rings. The number of nitrogens with zero attached hydrogens (tertiary/aromatic N) is 1. The van der Waals surface area contributed by atoms with Crippen LogP contribution in [0.4, 0.5) is 4.79 Å². The Bertz CT molecular complexity index is 370. The molecule has 2 heterocycles. The number of rotatable bonds is 3. The molecule has 2 rings (SSSR count). The van der Waals surface area contributed by atoms with Crippen LogP contribution in [0.25, 0.3) is 0 Å². The van der Waals surface area contributed by atoms with Crippen molar-refractivity contribution in [3.63, 3.8) is 0 Å². The fourth-order valence-corrected chi connectivity index (χ4v) is 3.46. The van der Waals surface area contributed by atoms with E-state index in [1.807, 2.05) is 4.90 Å². The van der Waals surface area contributed by atoms with Gasteiger partial charge in [-0.3, -0.25) is 4.79 Å². The lowest BCUT2D eigenvalue weighted by Crippen LogP contribution is -2.53. The highest BCUT2D eigenvalue weighted by molar-refractivity contribution is 5.87. The molecule has 5 heteroatoms. The minimum atomic E-state index is -0.357. The molecule has 0 aromatic rings. The second kappa shape index (κ2) is 7.14. The van der Waals surface area contributed by atoms with Gasteiger partial charge in [0.15, 0.2) is 0 Å². The number of carbonyl (C=O) groups excluding carboxylic acids is 2. The van der Waals surface area contributed by atoms with Crippen LogP contribution < -0.4 is 10.6 Å². The van der Waals surface area contributed by atoms with Crippen molar-refractivity contribution in [3.05, 3.63) is 0 Å². The maximum Gasteiger partial charge on any atom is 0.318 e. The van der Waals surface area contributed by atoms with Gasteiger partial charge >= 0.3 is 6.03 Å². The van der Waals surface area contributed by atoms with Crippen molar-refractivity contribution in [2.45, 2.75) is 64.8 Å². The fourth-order valence-electron chi connectivity index (χ4n) is 3.46. The number of urea groups is 1. The van der Waals surface area contributed by atoms with Crippen molar-refractivity contribution in [1.29, 1.82) is 0 Å². The number of carbonyl (C=O) groups is 2. The van der Waals surface area contributed by atoms with Crippen LogP contribution in [0.15, 0.2) is 0 Å². The summed E-state index contributed by atoms with van der Waals surface area (Å²) in [5, 5.41) is 5.78. The van der Waals surface area contributed by atoms with E-state index >= 15 is 0 Å². The smallest absolute Gasteiger partial charge is 0.318 e. The molecule has 1 atom stereocenters. The number of amides is 3. The van der Waals surface area contributed by atoms with E-state index in [0.29, 0.717) is 5.41 Å². The van der Waals surface area contributed by atoms with Crippen molar-refractivity contribution in [3.8, 4) is 0 Å². The summed E-state index contributed by atoms with van der Waals surface area (Å²) in [4.78, 5) is 26.1. The van der Waals surface area contributed by atoms with E-state index < -0.39 is 0 Å². The normalized spacial score (nSPS) is 25.9. The van der Waals surface area contributed by atoms with Gasteiger partial charge in [-0.2, -0.15) is 0 Å². The molecule has 2 N–H and O–H groups in total. The van der Waals surface area contributed by atoms with Crippen molar-refractivity contribution < 1.29 is 9.59 Å². The summed E-state index contributed by atoms with van der Waals surface area (Å²) in [5.74, 6) is -0.0330. The van der Waals surface area contributed by atoms with Crippen LogP contribution in [0.1, 0.15) is 58.8 Å². The van der Waals surface area contributed by atoms with Gasteiger partial charge in [0.2, 0.25) is 5.91 Å². The van der Waals surface area contributed by atoms with E-state index in [9.17, 15) is 9.59 Å². The van der Waals surface area contributed by atoms with E-state index in [2.05, 4.69) is 24.5 Å². The molecule has 120 valence electrons. The van der Waals surface area contributed by atoms with Crippen LogP contribution in [-0.2, 0) is 4.79 Å². The summed E-state index contributed by atoms with van der Waals surface area (Å²) >= 11 is 0. The first kappa shape index (κ1) is 16.1. The van der Waals surface area contributed by atoms with Gasteiger partial charge in [-0.05, 0) is 37.5 Å². The maximum atomic E-state index is 12.3. The quantitative estimate of drug-likeness (QED) is 0.839. The van der Waals surface area contributed by atoms with Crippen molar-refractivity contribution in [2.75, 3.05) is 19.6 Å². The van der Waals surface area contributed by atoms with Gasteiger partial charge in [-0.1, -0.05) is 26.7 Å². The molecule has 0 aromatic heterocycles. The monoisotopic (exact) mass is 295 g/mol. The highest BCUT2D eigenvalue weighted by Crippen LogP contribution is 2.37. The van der Waals surface area contributed by atoms with E-state index in [1.165, 1.54) is 12.8 Å². The van der Waals surface area contributed by atoms with Crippen molar-refractivity contribution in [1.82, 2.24) is 15.5 Å². The zero-order valence-corrected chi connectivity index (χ0v) is 13.4. The summed E-state index contributed by atoms with van der Waals surface area (Å²) in [6.07, 6.45) is 7.25. The first-order valence-corrected chi connectivity index (χ1v) is 8.43. The fraction of sp³-hybridized carbons (Fsp3) is 0.875. The van der Waals surface area contributed by atoms with Gasteiger partial charge in [0.05, 0.1) is 0 Å². The SMILES string of the molecule is CCC1(CC)CCN(C(=O)NC2CCCCNC2=O)CC1. The molecule has 2 aliphatic heterocycles. The van der Waals surface area contributed by atoms with Gasteiger partial charge in [-0.15, -0.1) is 0 Å². The maximum absolute atomic E-state index is 12.3. The summed E-state index contributed by atoms with van der Waals surface area (Å²) in [6, 6.07) is -0.429. The molecule has 2 saturated heterocycles. The minimum absolute atomic E-state index is 0.0330. The standard InChI is InChI=1S/C16H29N3O2/c1-3-16(4-2)8-11-19(12-9-16)15(21)18-13-7-5-6-10-17-14(13)20/h13H,3-12H2,1-2H3,(H,17,20)(H,18,21). The van der Waals surface area contributed by atoms with Crippen molar-refractivity contribution in [2.24, 2.45) is 5.41 Å². The Labute approximate surface area is 127 Å². The van der Waals surface area contributed by atoms with Crippen LogP contribution >= 0.6 is 0 Å². The molecule has 0 radical (unpaired) electrons. The number of piperidine rings is 1. The largest absolute Gasteiger partial charge is 0.354 e. The second-order valence-corrected chi connectivity index (χ2v) is 6.48. The average molecular weight is 295 g/mol. The molecule has 21 heavy (non-hydrogen) atoms. The summed E-state index contributed by atoms with van der Waals surface area (Å²) in [5.41, 5.74) is 0.413. The lowest BCUT2D eigenvalue weighted by molar-refractivity contribution is -0.122. The van der Waals surface area contributed by atoms with E-state index in [4.69, 9.17) is 0 Å². The Kier molecular flexibility index (Phi) is 5.48. The predicted octanol–water partition coefficient (Wildman–Crippen LogP) is 2.27. The van der Waals surface area contributed by atoms with Crippen LogP contribution in [0.5, 0.6) is 0 Å². The Balaban J connectivity index is 1.85. The molecular weight excluding hydrogens is 266 g/mol. The first-order chi connectivity index (χ1) is 10.1. The first-order valence-electron chi connectivity index (χ1n) is 8.43. The van der Waals surface area contributed by atoms with Gasteiger partial charge in [0, 0.05) is 19.6 Å². The predicted molar refractivity (Wildman–Crippen MR) is 83.0 cm³/mol. The number of hydrogen-bond donors (Lipinski definition) is 2. The highest BCUT2D eigenvalue weighted by atomic mass is 16.2. The lowest BCUT2D eigenvalue weighted by Gasteiger charge is -2.41. The van der Waals surface area contributed by atoms with Crippen LogP contribution in [0.2, 0.25) is 0 Å². The molecule has 2 aliphatic rings. The van der Waals surface area contributed by atoms with E-state index in [1.54, 1.807) is 0 Å². The Morgan fingerprint density at radius 1 is 1.29 bits per heavy atom. The lowest BCUT2D eigenvalue weighted by atomic mass is 9.74. The molecule has 3 amide bonds. The highest BCUT2D eigenvalue weighted by Gasteiger charge is 2.34. The van der Waals surface area contributed by atoms with Crippen LogP contribution in [0, 0.1) is 5.41 Å². The van der Waals surface area contributed by atoms with Crippen LogP contribution in [-0.4, -0.2) is 42.5 Å². The van der Waals surface area contributed by atoms with Gasteiger partial charge in [0.25, 0.3) is 0 Å². The third kappa shape index (κ3) is 3.89. The zero-order valence-electron chi connectivity index (χ0n) is 13.4. The second-order valence-electron chi connectivity index (χ2n) is 6.48. The molecule has 0 saturated carbocycles. The summed E-state index contributed by atoms with van der Waals surface area (Å²) in [7, 11) is 0. The van der Waals surface area contributed by atoms with E-state index in [0.717, 1.165) is 51.7 Å². The molecule has 0 bridgehead atoms. The number of likely N-dealkylation sites (tertiary alicyclic amines) is 1. The van der Waals surface area contributed by atoms with Gasteiger partial charge < -0.3 is 15.5 Å². The number of nitrogens with one attached hydrogen (secondary N) is 2.